The van der Waals surface area contributed by atoms with Gasteiger partial charge in [-0.3, -0.25) is 0 Å². The quantitative estimate of drug-likeness (QED) is 0.801. The lowest BCUT2D eigenvalue weighted by Crippen LogP contribution is -2.14. The van der Waals surface area contributed by atoms with Crippen LogP contribution in [0, 0.1) is 0 Å². The molecular weight excluding hydrogens is 280 g/mol. The Labute approximate surface area is 134 Å². The van der Waals surface area contributed by atoms with E-state index in [-0.39, 0.29) is 5.75 Å². The van der Waals surface area contributed by atoms with Crippen molar-refractivity contribution in [1.82, 2.24) is 10.6 Å². The Kier molecular flexibility index (Phi) is 17.3. The Hall–Kier alpha value is -2.01. The minimum absolute atomic E-state index is 0.231. The van der Waals surface area contributed by atoms with E-state index in [9.17, 15) is 0 Å². The summed E-state index contributed by atoms with van der Waals surface area (Å²) in [5.74, 6) is 0.907. The molecule has 0 aromatic heterocycles. The van der Waals surface area contributed by atoms with Gasteiger partial charge >= 0.3 is 0 Å². The van der Waals surface area contributed by atoms with Gasteiger partial charge in [0.25, 0.3) is 0 Å². The van der Waals surface area contributed by atoms with Crippen molar-refractivity contribution in [3.8, 4) is 11.5 Å². The van der Waals surface area contributed by atoms with Crippen LogP contribution in [0.5, 0.6) is 11.5 Å². The first-order valence-corrected chi connectivity index (χ1v) is 7.29. The van der Waals surface area contributed by atoms with Crippen LogP contribution in [0.1, 0.15) is 26.7 Å². The van der Waals surface area contributed by atoms with Crippen LogP contribution >= 0.6 is 0 Å². The van der Waals surface area contributed by atoms with Crippen LogP contribution in [0.15, 0.2) is 37.0 Å². The monoisotopic (exact) mass is 310 g/mol. The third-order valence-electron chi connectivity index (χ3n) is 2.46. The lowest BCUT2D eigenvalue weighted by atomic mass is 10.3. The molecule has 22 heavy (non-hydrogen) atoms. The molecule has 0 bridgehead atoms. The predicted octanol–water partition coefficient (Wildman–Crippen LogP) is 2.71. The van der Waals surface area contributed by atoms with Gasteiger partial charge in [-0.25, -0.2) is 0 Å². The molecule has 3 N–H and O–H groups in total. The Morgan fingerprint density at radius 2 is 1.91 bits per heavy atom. The number of benzene rings is 1. The molecule has 0 aliphatic carbocycles. The fourth-order valence-electron chi connectivity index (χ4n) is 1.47. The molecule has 1 saturated heterocycles. The highest BCUT2D eigenvalue weighted by Crippen LogP contribution is 2.16. The van der Waals surface area contributed by atoms with E-state index < -0.39 is 0 Å². The third-order valence-corrected chi connectivity index (χ3v) is 2.46. The molecule has 0 unspecified atom stereocenters. The molecule has 5 heteroatoms. The molecule has 1 aromatic carbocycles. The summed E-state index contributed by atoms with van der Waals surface area (Å²) >= 11 is 0. The van der Waals surface area contributed by atoms with Crippen LogP contribution in [-0.4, -0.2) is 38.1 Å². The van der Waals surface area contributed by atoms with Gasteiger partial charge in [0.05, 0.1) is 7.11 Å². The first-order chi connectivity index (χ1) is 10.6. The van der Waals surface area contributed by atoms with Crippen molar-refractivity contribution < 1.29 is 14.6 Å². The molecule has 1 aliphatic heterocycles. The summed E-state index contributed by atoms with van der Waals surface area (Å²) in [7, 11) is 1.56. The number of nitrogens with one attached hydrogen (secondary N) is 2. The van der Waals surface area contributed by atoms with Gasteiger partial charge in [-0.15, -0.1) is 0 Å². The minimum atomic E-state index is 0.231. The molecule has 126 valence electrons. The van der Waals surface area contributed by atoms with Gasteiger partial charge < -0.3 is 25.3 Å². The molecule has 5 nitrogen and oxygen atoms in total. The molecular formula is C17H30N2O3. The van der Waals surface area contributed by atoms with Gasteiger partial charge in [-0.1, -0.05) is 12.6 Å². The van der Waals surface area contributed by atoms with Gasteiger partial charge in [0, 0.05) is 12.1 Å². The average molecular weight is 310 g/mol. The van der Waals surface area contributed by atoms with Crippen molar-refractivity contribution in [3.05, 3.63) is 37.0 Å². The van der Waals surface area contributed by atoms with Crippen molar-refractivity contribution in [2.45, 2.75) is 32.7 Å². The normalized spacial score (nSPS) is 11.6. The number of carbonyl (C=O) groups excluding carboxylic acids is 1. The lowest BCUT2D eigenvalue weighted by Gasteiger charge is -1.99. The maximum Gasteiger partial charge on any atom is 0.122 e. The summed E-state index contributed by atoms with van der Waals surface area (Å²) in [6, 6.07) is 7.19. The Bertz CT molecular complexity index is 359. The zero-order valence-electron chi connectivity index (χ0n) is 14.0. The molecule has 1 fully saturated rings. The van der Waals surface area contributed by atoms with Crippen molar-refractivity contribution in [2.75, 3.05) is 20.2 Å². The second-order valence-electron chi connectivity index (χ2n) is 4.68. The minimum Gasteiger partial charge on any atom is -0.508 e. The van der Waals surface area contributed by atoms with Crippen LogP contribution in [0.2, 0.25) is 0 Å². The van der Waals surface area contributed by atoms with Crippen molar-refractivity contribution in [1.29, 1.82) is 0 Å². The second-order valence-corrected chi connectivity index (χ2v) is 4.68. The van der Waals surface area contributed by atoms with E-state index in [0.717, 1.165) is 0 Å². The van der Waals surface area contributed by atoms with Crippen molar-refractivity contribution in [3.63, 3.8) is 0 Å². The molecule has 0 radical (unpaired) electrons. The van der Waals surface area contributed by atoms with Gasteiger partial charge in [0.1, 0.15) is 18.3 Å². The maximum absolute atomic E-state index is 8.86. The highest BCUT2D eigenvalue weighted by atomic mass is 16.5. The van der Waals surface area contributed by atoms with Crippen LogP contribution < -0.4 is 15.4 Å². The molecule has 0 atom stereocenters. The molecule has 0 amide bonds. The summed E-state index contributed by atoms with van der Waals surface area (Å²) < 4.78 is 4.84. The number of methoxy groups -OCH3 is 1. The zero-order chi connectivity index (χ0) is 17.2. The molecule has 0 spiro atoms. The number of hydrogen-bond acceptors (Lipinski definition) is 5. The van der Waals surface area contributed by atoms with Crippen molar-refractivity contribution in [2.24, 2.45) is 0 Å². The summed E-state index contributed by atoms with van der Waals surface area (Å²) in [6.45, 7) is 12.1. The number of rotatable bonds is 3. The van der Waals surface area contributed by atoms with Crippen LogP contribution in [-0.2, 0) is 4.79 Å². The predicted molar refractivity (Wildman–Crippen MR) is 92.4 cm³/mol. The molecule has 1 heterocycles. The number of aromatic hydroxyl groups is 1. The van der Waals surface area contributed by atoms with Crippen LogP contribution in [0.3, 0.4) is 0 Å². The van der Waals surface area contributed by atoms with Crippen molar-refractivity contribution >= 4 is 6.79 Å². The second kappa shape index (κ2) is 17.0. The largest absolute Gasteiger partial charge is 0.508 e. The van der Waals surface area contributed by atoms with Gasteiger partial charge in [-0.2, -0.15) is 0 Å². The molecule has 0 saturated carbocycles. The smallest absolute Gasteiger partial charge is 0.122 e. The van der Waals surface area contributed by atoms with Gasteiger partial charge in [0.15, 0.2) is 0 Å². The van der Waals surface area contributed by atoms with E-state index in [1.165, 1.54) is 25.9 Å². The fraction of sp³-hybridized carbons (Fsp3) is 0.471. The maximum atomic E-state index is 8.86. The standard InChI is InChI=1S/C7H8O2.C5H11N.C4H9N.CH2O/c1-9-7-4-2-3-6(8)5-7;1-4-6-5(2)3;1-2-4-5-3-1;1-2/h2-5,8H,1H3;4-6H,1H2,2-3H3;5H,1-4H2;1H2. The Morgan fingerprint density at radius 3 is 2.14 bits per heavy atom. The SMILES string of the molecule is C1CCNC1.C=CNC(C)C.C=O.COc1cccc(O)c1. The van der Waals surface area contributed by atoms with E-state index in [1.54, 1.807) is 37.6 Å². The first kappa shape index (κ1) is 22.3. The topological polar surface area (TPSA) is 70.6 Å². The summed E-state index contributed by atoms with van der Waals surface area (Å²) in [5, 5.41) is 15.1. The Balaban J connectivity index is 0. The number of ether oxygens (including phenoxy) is 1. The number of carbonyl (C=O) groups is 1. The number of hydrogen-bond donors (Lipinski definition) is 3. The lowest BCUT2D eigenvalue weighted by molar-refractivity contribution is -0.0979. The van der Waals surface area contributed by atoms with Gasteiger partial charge in [0.2, 0.25) is 0 Å². The van der Waals surface area contributed by atoms with E-state index >= 15 is 0 Å². The number of phenols is 1. The zero-order valence-corrected chi connectivity index (χ0v) is 14.0. The summed E-state index contributed by atoms with van der Waals surface area (Å²) in [4.78, 5) is 8.00. The van der Waals surface area contributed by atoms with E-state index in [2.05, 4.69) is 31.1 Å². The molecule has 2 rings (SSSR count). The summed E-state index contributed by atoms with van der Waals surface area (Å²) in [5.41, 5.74) is 0. The number of phenolic OH excluding ortho intramolecular Hbond substituents is 1. The Morgan fingerprint density at radius 1 is 1.32 bits per heavy atom. The molecule has 1 aliphatic rings. The van der Waals surface area contributed by atoms with E-state index in [4.69, 9.17) is 14.6 Å². The van der Waals surface area contributed by atoms with Crippen LogP contribution in [0.4, 0.5) is 0 Å². The molecule has 1 aromatic rings. The summed E-state index contributed by atoms with van der Waals surface area (Å²) in [6.07, 6.45) is 4.48. The average Bonchev–Trinajstić information content (AvgIpc) is 3.09. The third kappa shape index (κ3) is 16.0. The fourth-order valence-corrected chi connectivity index (χ4v) is 1.47. The highest BCUT2D eigenvalue weighted by molar-refractivity contribution is 5.31. The van der Waals surface area contributed by atoms with E-state index in [1.807, 2.05) is 6.79 Å². The first-order valence-electron chi connectivity index (χ1n) is 7.29. The van der Waals surface area contributed by atoms with Gasteiger partial charge in [-0.05, 0) is 58.1 Å². The highest BCUT2D eigenvalue weighted by Gasteiger charge is 1.93. The van der Waals surface area contributed by atoms with E-state index in [0.29, 0.717) is 11.8 Å². The van der Waals surface area contributed by atoms with Crippen LogP contribution in [0.25, 0.3) is 0 Å².